The molecule has 5 nitrogen and oxygen atoms in total. The SMILES string of the molecule is CC(Oc1ccccc1F)C(=O)NNC(=O)c1cc(Cl)cc(Cl)c1. The minimum atomic E-state index is -1.02. The molecule has 0 bridgehead atoms. The molecule has 2 aromatic carbocycles. The lowest BCUT2D eigenvalue weighted by atomic mass is 10.2. The highest BCUT2D eigenvalue weighted by atomic mass is 35.5. The number of carbonyl (C=O) groups is 2. The molecular weight excluding hydrogens is 358 g/mol. The molecule has 0 aliphatic rings. The van der Waals surface area contributed by atoms with Crippen molar-refractivity contribution in [1.82, 2.24) is 10.9 Å². The van der Waals surface area contributed by atoms with Crippen molar-refractivity contribution < 1.29 is 18.7 Å². The van der Waals surface area contributed by atoms with Crippen LogP contribution in [0.2, 0.25) is 10.0 Å². The zero-order valence-corrected chi connectivity index (χ0v) is 14.0. The molecule has 0 spiro atoms. The molecule has 2 amide bonds. The van der Waals surface area contributed by atoms with E-state index in [4.69, 9.17) is 27.9 Å². The van der Waals surface area contributed by atoms with Gasteiger partial charge in [0.05, 0.1) is 0 Å². The third-order valence-electron chi connectivity index (χ3n) is 2.93. The van der Waals surface area contributed by atoms with Crippen LogP contribution in [0.4, 0.5) is 4.39 Å². The standard InChI is InChI=1S/C16H13Cl2FN2O3/c1-9(24-14-5-3-2-4-13(14)19)15(22)20-21-16(23)10-6-11(17)8-12(18)7-10/h2-9H,1H3,(H,20,22)(H,21,23). The molecule has 0 radical (unpaired) electrons. The summed E-state index contributed by atoms with van der Waals surface area (Å²) in [6, 6.07) is 9.96. The number of nitrogens with one attached hydrogen (secondary N) is 2. The maximum atomic E-state index is 13.5. The van der Waals surface area contributed by atoms with E-state index in [1.807, 2.05) is 0 Å². The first-order valence-corrected chi connectivity index (χ1v) is 7.60. The van der Waals surface area contributed by atoms with Gasteiger partial charge in [-0.05, 0) is 37.3 Å². The van der Waals surface area contributed by atoms with Crippen LogP contribution in [-0.4, -0.2) is 17.9 Å². The third kappa shape index (κ3) is 4.84. The highest BCUT2D eigenvalue weighted by molar-refractivity contribution is 6.35. The Morgan fingerprint density at radius 2 is 1.71 bits per heavy atom. The first kappa shape index (κ1) is 18.0. The summed E-state index contributed by atoms with van der Waals surface area (Å²) in [7, 11) is 0. The third-order valence-corrected chi connectivity index (χ3v) is 3.37. The van der Waals surface area contributed by atoms with E-state index in [0.717, 1.165) is 0 Å². The Morgan fingerprint density at radius 1 is 1.08 bits per heavy atom. The van der Waals surface area contributed by atoms with E-state index >= 15 is 0 Å². The van der Waals surface area contributed by atoms with Gasteiger partial charge in [0.25, 0.3) is 11.8 Å². The molecule has 2 rings (SSSR count). The van der Waals surface area contributed by atoms with Crippen LogP contribution in [0.25, 0.3) is 0 Å². The average molecular weight is 371 g/mol. The smallest absolute Gasteiger partial charge is 0.279 e. The number of hydrogen-bond acceptors (Lipinski definition) is 3. The summed E-state index contributed by atoms with van der Waals surface area (Å²) in [5, 5.41) is 0.575. The molecule has 0 saturated heterocycles. The molecule has 2 aromatic rings. The number of carbonyl (C=O) groups excluding carboxylic acids is 2. The van der Waals surface area contributed by atoms with Crippen molar-refractivity contribution in [2.24, 2.45) is 0 Å². The van der Waals surface area contributed by atoms with E-state index in [1.54, 1.807) is 6.07 Å². The Balaban J connectivity index is 1.92. The highest BCUT2D eigenvalue weighted by Gasteiger charge is 2.17. The summed E-state index contributed by atoms with van der Waals surface area (Å²) in [6.45, 7) is 1.42. The summed E-state index contributed by atoms with van der Waals surface area (Å²) in [5.74, 6) is -1.91. The van der Waals surface area contributed by atoms with Gasteiger partial charge < -0.3 is 4.74 Å². The van der Waals surface area contributed by atoms with Crippen molar-refractivity contribution in [2.75, 3.05) is 0 Å². The zero-order valence-electron chi connectivity index (χ0n) is 12.5. The van der Waals surface area contributed by atoms with Crippen LogP contribution in [0.3, 0.4) is 0 Å². The monoisotopic (exact) mass is 370 g/mol. The fraction of sp³-hybridized carbons (Fsp3) is 0.125. The van der Waals surface area contributed by atoms with Crippen LogP contribution in [0.15, 0.2) is 42.5 Å². The highest BCUT2D eigenvalue weighted by Crippen LogP contribution is 2.19. The Labute approximate surface area is 147 Å². The molecule has 24 heavy (non-hydrogen) atoms. The van der Waals surface area contributed by atoms with Crippen LogP contribution < -0.4 is 15.6 Å². The van der Waals surface area contributed by atoms with Gasteiger partial charge in [-0.3, -0.25) is 20.4 Å². The van der Waals surface area contributed by atoms with E-state index in [9.17, 15) is 14.0 Å². The quantitative estimate of drug-likeness (QED) is 0.810. The fourth-order valence-corrected chi connectivity index (χ4v) is 2.29. The number of hydrogen-bond donors (Lipinski definition) is 2. The number of rotatable bonds is 4. The summed E-state index contributed by atoms with van der Waals surface area (Å²) in [6.07, 6.45) is -1.02. The molecule has 126 valence electrons. The maximum Gasteiger partial charge on any atom is 0.279 e. The first-order valence-electron chi connectivity index (χ1n) is 6.84. The second-order valence-electron chi connectivity index (χ2n) is 4.79. The molecule has 8 heteroatoms. The number of ether oxygens (including phenoxy) is 1. The van der Waals surface area contributed by atoms with Crippen molar-refractivity contribution in [3.8, 4) is 5.75 Å². The summed E-state index contributed by atoms with van der Waals surface area (Å²) in [4.78, 5) is 23.8. The van der Waals surface area contributed by atoms with Crippen LogP contribution >= 0.6 is 23.2 Å². The van der Waals surface area contributed by atoms with Crippen molar-refractivity contribution in [1.29, 1.82) is 0 Å². The average Bonchev–Trinajstić information content (AvgIpc) is 2.53. The minimum Gasteiger partial charge on any atom is -0.478 e. The van der Waals surface area contributed by atoms with Crippen LogP contribution in [0.5, 0.6) is 5.75 Å². The predicted octanol–water partition coefficient (Wildman–Crippen LogP) is 3.36. The Morgan fingerprint density at radius 3 is 2.33 bits per heavy atom. The molecule has 1 unspecified atom stereocenters. The van der Waals surface area contributed by atoms with E-state index in [-0.39, 0.29) is 21.4 Å². The van der Waals surface area contributed by atoms with Gasteiger partial charge in [0.2, 0.25) is 0 Å². The van der Waals surface area contributed by atoms with Crippen molar-refractivity contribution >= 4 is 35.0 Å². The van der Waals surface area contributed by atoms with Crippen LogP contribution in [0.1, 0.15) is 17.3 Å². The summed E-state index contributed by atoms with van der Waals surface area (Å²) >= 11 is 11.6. The molecule has 0 saturated carbocycles. The van der Waals surface area contributed by atoms with Crippen LogP contribution in [0, 0.1) is 5.82 Å². The number of halogens is 3. The number of amides is 2. The zero-order chi connectivity index (χ0) is 17.7. The van der Waals surface area contributed by atoms with Gasteiger partial charge in [-0.2, -0.15) is 0 Å². The fourth-order valence-electron chi connectivity index (χ4n) is 1.76. The predicted molar refractivity (Wildman–Crippen MR) is 88.6 cm³/mol. The molecule has 1 atom stereocenters. The lowest BCUT2D eigenvalue weighted by Gasteiger charge is -2.15. The lowest BCUT2D eigenvalue weighted by molar-refractivity contribution is -0.128. The second kappa shape index (κ2) is 7.99. The summed E-state index contributed by atoms with van der Waals surface area (Å²) in [5.41, 5.74) is 4.57. The molecule has 2 N–H and O–H groups in total. The Kier molecular flexibility index (Phi) is 6.00. The van der Waals surface area contributed by atoms with Crippen molar-refractivity contribution in [3.05, 3.63) is 63.9 Å². The topological polar surface area (TPSA) is 67.4 Å². The molecular formula is C16H13Cl2FN2O3. The lowest BCUT2D eigenvalue weighted by Crippen LogP contribution is -2.47. The normalized spacial score (nSPS) is 11.5. The van der Waals surface area contributed by atoms with Gasteiger partial charge in [0.1, 0.15) is 0 Å². The van der Waals surface area contributed by atoms with Crippen molar-refractivity contribution in [3.63, 3.8) is 0 Å². The van der Waals surface area contributed by atoms with E-state index in [0.29, 0.717) is 0 Å². The van der Waals surface area contributed by atoms with Gasteiger partial charge in [-0.1, -0.05) is 35.3 Å². The van der Waals surface area contributed by atoms with E-state index in [1.165, 1.54) is 43.3 Å². The summed E-state index contributed by atoms with van der Waals surface area (Å²) < 4.78 is 18.7. The number of para-hydroxylation sites is 1. The largest absolute Gasteiger partial charge is 0.478 e. The van der Waals surface area contributed by atoms with Crippen LogP contribution in [-0.2, 0) is 4.79 Å². The van der Waals surface area contributed by atoms with Gasteiger partial charge in [-0.25, -0.2) is 4.39 Å². The molecule has 0 aliphatic carbocycles. The molecule has 0 aliphatic heterocycles. The van der Waals surface area contributed by atoms with Gasteiger partial charge >= 0.3 is 0 Å². The minimum absolute atomic E-state index is 0.0619. The van der Waals surface area contributed by atoms with Crippen molar-refractivity contribution in [2.45, 2.75) is 13.0 Å². The number of hydrazine groups is 1. The van der Waals surface area contributed by atoms with Gasteiger partial charge in [-0.15, -0.1) is 0 Å². The second-order valence-corrected chi connectivity index (χ2v) is 5.66. The molecule has 0 fully saturated rings. The van der Waals surface area contributed by atoms with Gasteiger partial charge in [0.15, 0.2) is 17.7 Å². The Bertz CT molecular complexity index is 750. The first-order chi connectivity index (χ1) is 11.4. The van der Waals surface area contributed by atoms with Gasteiger partial charge in [0, 0.05) is 15.6 Å². The Hall–Kier alpha value is -2.31. The van der Waals surface area contributed by atoms with E-state index in [2.05, 4.69) is 10.9 Å². The maximum absolute atomic E-state index is 13.5. The molecule has 0 heterocycles. The van der Waals surface area contributed by atoms with E-state index < -0.39 is 23.7 Å². The molecule has 0 aromatic heterocycles. The number of benzene rings is 2.